The highest BCUT2D eigenvalue weighted by molar-refractivity contribution is 5.79. The second-order valence-corrected chi connectivity index (χ2v) is 6.15. The van der Waals surface area contributed by atoms with Crippen molar-refractivity contribution in [3.05, 3.63) is 35.4 Å². The van der Waals surface area contributed by atoms with Crippen molar-refractivity contribution in [2.45, 2.75) is 19.9 Å². The number of aryl methyl sites for hydroxylation is 1. The Balaban J connectivity index is 1.49. The van der Waals surface area contributed by atoms with Gasteiger partial charge in [-0.3, -0.25) is 9.69 Å². The summed E-state index contributed by atoms with van der Waals surface area (Å²) in [7, 11) is 0. The van der Waals surface area contributed by atoms with Crippen LogP contribution in [0, 0.1) is 12.8 Å². The number of hydrogen-bond acceptors (Lipinski definition) is 3. The van der Waals surface area contributed by atoms with Crippen molar-refractivity contribution in [1.29, 1.82) is 0 Å². The number of amides is 1. The molecule has 1 aromatic rings. The molecule has 2 aliphatic heterocycles. The van der Waals surface area contributed by atoms with Gasteiger partial charge in [0.2, 0.25) is 5.91 Å². The van der Waals surface area contributed by atoms with Crippen LogP contribution in [-0.4, -0.2) is 55.1 Å². The van der Waals surface area contributed by atoms with Gasteiger partial charge < -0.3 is 9.64 Å². The summed E-state index contributed by atoms with van der Waals surface area (Å²) in [6.07, 6.45) is 0.891. The molecule has 0 unspecified atom stereocenters. The molecule has 4 heteroatoms. The Morgan fingerprint density at radius 1 is 1.29 bits per heavy atom. The first-order valence-corrected chi connectivity index (χ1v) is 7.87. The molecule has 2 saturated heterocycles. The Morgan fingerprint density at radius 3 is 2.76 bits per heavy atom. The van der Waals surface area contributed by atoms with Gasteiger partial charge in [0.05, 0.1) is 12.5 Å². The standard InChI is InChI=1S/C17H24N2O2/c1-14-3-2-4-15(11-14)12-18-6-8-19(9-7-18)17(20)16-5-10-21-13-16/h2-4,11,16H,5-10,12-13H2,1H3/t16-/m1/s1. The predicted molar refractivity (Wildman–Crippen MR) is 82.0 cm³/mol. The van der Waals surface area contributed by atoms with Gasteiger partial charge in [0.25, 0.3) is 0 Å². The average molecular weight is 288 g/mol. The van der Waals surface area contributed by atoms with Gasteiger partial charge in [-0.1, -0.05) is 29.8 Å². The van der Waals surface area contributed by atoms with E-state index in [1.165, 1.54) is 11.1 Å². The summed E-state index contributed by atoms with van der Waals surface area (Å²) in [4.78, 5) is 16.8. The molecule has 2 fully saturated rings. The van der Waals surface area contributed by atoms with Gasteiger partial charge >= 0.3 is 0 Å². The number of rotatable bonds is 3. The number of nitrogens with zero attached hydrogens (tertiary/aromatic N) is 2. The first-order chi connectivity index (χ1) is 10.2. The lowest BCUT2D eigenvalue weighted by atomic mass is 10.1. The van der Waals surface area contributed by atoms with E-state index in [1.807, 2.05) is 4.90 Å². The van der Waals surface area contributed by atoms with Crippen molar-refractivity contribution in [1.82, 2.24) is 9.80 Å². The second-order valence-electron chi connectivity index (χ2n) is 6.15. The SMILES string of the molecule is Cc1cccc(CN2CCN(C(=O)[C@@H]3CCOC3)CC2)c1. The van der Waals surface area contributed by atoms with Gasteiger partial charge in [-0.05, 0) is 18.9 Å². The summed E-state index contributed by atoms with van der Waals surface area (Å²) in [6.45, 7) is 8.09. The molecule has 0 N–H and O–H groups in total. The van der Waals surface area contributed by atoms with Crippen LogP contribution in [0.1, 0.15) is 17.5 Å². The van der Waals surface area contributed by atoms with E-state index in [4.69, 9.17) is 4.74 Å². The Bertz CT molecular complexity index is 489. The molecule has 1 aromatic carbocycles. The van der Waals surface area contributed by atoms with Gasteiger partial charge in [-0.2, -0.15) is 0 Å². The van der Waals surface area contributed by atoms with Crippen molar-refractivity contribution in [2.75, 3.05) is 39.4 Å². The molecule has 2 heterocycles. The molecular formula is C17H24N2O2. The molecule has 0 bridgehead atoms. The molecule has 3 rings (SSSR count). The van der Waals surface area contributed by atoms with Crippen LogP contribution in [0.3, 0.4) is 0 Å². The fraction of sp³-hybridized carbons (Fsp3) is 0.588. The Kier molecular flexibility index (Phi) is 4.56. The number of carbonyl (C=O) groups excluding carboxylic acids is 1. The zero-order valence-corrected chi connectivity index (χ0v) is 12.8. The quantitative estimate of drug-likeness (QED) is 0.848. The summed E-state index contributed by atoms with van der Waals surface area (Å²) in [5.74, 6) is 0.399. The van der Waals surface area contributed by atoms with E-state index in [2.05, 4.69) is 36.1 Å². The summed E-state index contributed by atoms with van der Waals surface area (Å²) >= 11 is 0. The largest absolute Gasteiger partial charge is 0.381 e. The van der Waals surface area contributed by atoms with E-state index in [0.717, 1.165) is 45.8 Å². The van der Waals surface area contributed by atoms with E-state index in [9.17, 15) is 4.79 Å². The van der Waals surface area contributed by atoms with Crippen LogP contribution in [0.5, 0.6) is 0 Å². The van der Waals surface area contributed by atoms with Gasteiger partial charge in [-0.15, -0.1) is 0 Å². The average Bonchev–Trinajstić information content (AvgIpc) is 3.01. The molecule has 21 heavy (non-hydrogen) atoms. The van der Waals surface area contributed by atoms with Gasteiger partial charge in [0.1, 0.15) is 0 Å². The van der Waals surface area contributed by atoms with E-state index >= 15 is 0 Å². The van der Waals surface area contributed by atoms with Crippen LogP contribution in [0.15, 0.2) is 24.3 Å². The minimum Gasteiger partial charge on any atom is -0.381 e. The maximum atomic E-state index is 12.3. The molecule has 0 spiro atoms. The molecule has 1 amide bonds. The lowest BCUT2D eigenvalue weighted by Crippen LogP contribution is -2.50. The summed E-state index contributed by atoms with van der Waals surface area (Å²) < 4.78 is 5.32. The Hall–Kier alpha value is -1.39. The molecular weight excluding hydrogens is 264 g/mol. The van der Waals surface area contributed by atoms with Crippen LogP contribution < -0.4 is 0 Å². The third-order valence-electron chi connectivity index (χ3n) is 4.45. The van der Waals surface area contributed by atoms with Gasteiger partial charge in [0.15, 0.2) is 0 Å². The van der Waals surface area contributed by atoms with Crippen LogP contribution in [0.2, 0.25) is 0 Å². The highest BCUT2D eigenvalue weighted by Gasteiger charge is 2.29. The topological polar surface area (TPSA) is 32.8 Å². The predicted octanol–water partition coefficient (Wildman–Crippen LogP) is 1.68. The number of benzene rings is 1. The summed E-state index contributed by atoms with van der Waals surface area (Å²) in [5, 5.41) is 0. The van der Waals surface area contributed by atoms with Crippen LogP contribution in [-0.2, 0) is 16.1 Å². The maximum Gasteiger partial charge on any atom is 0.228 e. The van der Waals surface area contributed by atoms with Gasteiger partial charge in [0, 0.05) is 39.3 Å². The fourth-order valence-corrected chi connectivity index (χ4v) is 3.18. The Labute approximate surface area is 126 Å². The maximum absolute atomic E-state index is 12.3. The minimum absolute atomic E-state index is 0.105. The molecule has 0 saturated carbocycles. The van der Waals surface area contributed by atoms with Crippen molar-refractivity contribution >= 4 is 5.91 Å². The molecule has 1 atom stereocenters. The first-order valence-electron chi connectivity index (χ1n) is 7.87. The minimum atomic E-state index is 0.105. The fourth-order valence-electron chi connectivity index (χ4n) is 3.18. The highest BCUT2D eigenvalue weighted by Crippen LogP contribution is 2.17. The van der Waals surface area contributed by atoms with Crippen molar-refractivity contribution in [3.63, 3.8) is 0 Å². The van der Waals surface area contributed by atoms with Crippen molar-refractivity contribution in [3.8, 4) is 0 Å². The van der Waals surface area contributed by atoms with E-state index in [1.54, 1.807) is 0 Å². The van der Waals surface area contributed by atoms with Crippen molar-refractivity contribution in [2.24, 2.45) is 5.92 Å². The highest BCUT2D eigenvalue weighted by atomic mass is 16.5. The van der Waals surface area contributed by atoms with Crippen LogP contribution in [0.4, 0.5) is 0 Å². The lowest BCUT2D eigenvalue weighted by Gasteiger charge is -2.35. The third kappa shape index (κ3) is 3.63. The van der Waals surface area contributed by atoms with Crippen LogP contribution in [0.25, 0.3) is 0 Å². The monoisotopic (exact) mass is 288 g/mol. The number of carbonyl (C=O) groups is 1. The third-order valence-corrected chi connectivity index (χ3v) is 4.45. The van der Waals surface area contributed by atoms with Gasteiger partial charge in [-0.25, -0.2) is 0 Å². The van der Waals surface area contributed by atoms with Crippen molar-refractivity contribution < 1.29 is 9.53 Å². The molecule has 0 aliphatic carbocycles. The normalized spacial score (nSPS) is 23.5. The second kappa shape index (κ2) is 6.58. The zero-order valence-electron chi connectivity index (χ0n) is 12.8. The molecule has 114 valence electrons. The molecule has 0 radical (unpaired) electrons. The smallest absolute Gasteiger partial charge is 0.228 e. The summed E-state index contributed by atoms with van der Waals surface area (Å²) in [5.41, 5.74) is 2.67. The van der Waals surface area contributed by atoms with E-state index < -0.39 is 0 Å². The zero-order chi connectivity index (χ0) is 14.7. The van der Waals surface area contributed by atoms with Crippen LogP contribution >= 0.6 is 0 Å². The summed E-state index contributed by atoms with van der Waals surface area (Å²) in [6, 6.07) is 8.67. The first kappa shape index (κ1) is 14.5. The lowest BCUT2D eigenvalue weighted by molar-refractivity contribution is -0.137. The number of hydrogen-bond donors (Lipinski definition) is 0. The Morgan fingerprint density at radius 2 is 2.10 bits per heavy atom. The molecule has 2 aliphatic rings. The number of ether oxygens (including phenoxy) is 1. The van der Waals surface area contributed by atoms with E-state index in [0.29, 0.717) is 12.5 Å². The number of piperazine rings is 1. The molecule has 0 aromatic heterocycles. The van der Waals surface area contributed by atoms with E-state index in [-0.39, 0.29) is 5.92 Å². The molecule has 4 nitrogen and oxygen atoms in total.